The molecule has 0 aliphatic rings. The number of alkyl halides is 3. The summed E-state index contributed by atoms with van der Waals surface area (Å²) in [6.07, 6.45) is -3.77. The molecule has 1 unspecified atom stereocenters. The zero-order valence-electron chi connectivity index (χ0n) is 8.23. The van der Waals surface area contributed by atoms with E-state index < -0.39 is 12.6 Å². The summed E-state index contributed by atoms with van der Waals surface area (Å²) in [5.74, 6) is 6.76. The van der Waals surface area contributed by atoms with Crippen LogP contribution in [0.15, 0.2) is 0 Å². The topological polar surface area (TPSA) is 38.0 Å². The lowest BCUT2D eigenvalue weighted by Crippen LogP contribution is -2.37. The summed E-state index contributed by atoms with van der Waals surface area (Å²) in [6.45, 7) is 2.04. The van der Waals surface area contributed by atoms with Crippen molar-refractivity contribution in [2.75, 3.05) is 11.5 Å². The molecule has 0 heterocycles. The van der Waals surface area contributed by atoms with E-state index in [2.05, 4.69) is 5.43 Å². The summed E-state index contributed by atoms with van der Waals surface area (Å²) in [5.41, 5.74) is 2.41. The van der Waals surface area contributed by atoms with Crippen molar-refractivity contribution >= 4 is 11.8 Å². The fourth-order valence-electron chi connectivity index (χ4n) is 0.923. The van der Waals surface area contributed by atoms with E-state index in [1.165, 1.54) is 0 Å². The molecule has 0 aromatic rings. The number of hydrazine groups is 1. The Hall–Kier alpha value is 0.0600. The number of thioether (sulfide) groups is 1. The molecule has 0 aliphatic carbocycles. The van der Waals surface area contributed by atoms with Crippen molar-refractivity contribution in [3.05, 3.63) is 0 Å². The van der Waals surface area contributed by atoms with Crippen LogP contribution in [0.1, 0.15) is 26.2 Å². The third-order valence-corrected chi connectivity index (χ3v) is 3.01. The van der Waals surface area contributed by atoms with Gasteiger partial charge in [0.2, 0.25) is 0 Å². The van der Waals surface area contributed by atoms with E-state index in [0.29, 0.717) is 5.75 Å². The van der Waals surface area contributed by atoms with E-state index in [-0.39, 0.29) is 12.5 Å². The van der Waals surface area contributed by atoms with E-state index in [0.717, 1.165) is 12.2 Å². The van der Waals surface area contributed by atoms with Gasteiger partial charge in [-0.15, -0.1) is 0 Å². The van der Waals surface area contributed by atoms with Crippen LogP contribution in [0.2, 0.25) is 0 Å². The maximum atomic E-state index is 11.9. The van der Waals surface area contributed by atoms with Gasteiger partial charge >= 0.3 is 6.18 Å². The smallest absolute Gasteiger partial charge is 0.271 e. The molecule has 0 rings (SSSR count). The summed E-state index contributed by atoms with van der Waals surface area (Å²) < 4.78 is 35.6. The van der Waals surface area contributed by atoms with Crippen LogP contribution in [-0.2, 0) is 0 Å². The predicted molar refractivity (Wildman–Crippen MR) is 54.0 cm³/mol. The lowest BCUT2D eigenvalue weighted by molar-refractivity contribution is -0.136. The number of halogens is 3. The Balaban J connectivity index is 3.58. The first-order valence-corrected chi connectivity index (χ1v) is 5.75. The Labute approximate surface area is 86.8 Å². The second kappa shape index (κ2) is 7.36. The first-order valence-electron chi connectivity index (χ1n) is 4.60. The zero-order chi connectivity index (χ0) is 11.0. The van der Waals surface area contributed by atoms with Crippen LogP contribution >= 0.6 is 11.8 Å². The molecular weight excluding hydrogens is 213 g/mol. The maximum Gasteiger partial charge on any atom is 0.389 e. The normalized spacial score (nSPS) is 14.4. The summed E-state index contributed by atoms with van der Waals surface area (Å²) in [5, 5.41) is 0. The Morgan fingerprint density at radius 2 is 2.07 bits per heavy atom. The molecule has 3 N–H and O–H groups in total. The SMILES string of the molecule is CCCSCC(CCC(F)(F)F)NN. The fraction of sp³-hybridized carbons (Fsp3) is 1.00. The van der Waals surface area contributed by atoms with Crippen molar-refractivity contribution < 1.29 is 13.2 Å². The number of rotatable bonds is 7. The van der Waals surface area contributed by atoms with E-state index in [1.807, 2.05) is 6.92 Å². The average molecular weight is 230 g/mol. The van der Waals surface area contributed by atoms with Crippen molar-refractivity contribution in [1.29, 1.82) is 0 Å². The number of hydrogen-bond acceptors (Lipinski definition) is 3. The molecule has 0 radical (unpaired) electrons. The molecule has 0 aliphatic heterocycles. The summed E-state index contributed by atoms with van der Waals surface area (Å²) in [6, 6.07) is -0.242. The van der Waals surface area contributed by atoms with Gasteiger partial charge in [0, 0.05) is 18.2 Å². The highest BCUT2D eigenvalue weighted by atomic mass is 32.2. The Morgan fingerprint density at radius 1 is 1.43 bits per heavy atom. The minimum absolute atomic E-state index is 0.0523. The van der Waals surface area contributed by atoms with E-state index >= 15 is 0 Å². The standard InChI is InChI=1S/C8H17F3N2S/c1-2-5-14-6-7(13-12)3-4-8(9,10)11/h7,13H,2-6,12H2,1H3. The highest BCUT2D eigenvalue weighted by Crippen LogP contribution is 2.23. The monoisotopic (exact) mass is 230 g/mol. The van der Waals surface area contributed by atoms with Crippen LogP contribution < -0.4 is 11.3 Å². The molecule has 2 nitrogen and oxygen atoms in total. The van der Waals surface area contributed by atoms with E-state index in [4.69, 9.17) is 5.84 Å². The van der Waals surface area contributed by atoms with Crippen molar-refractivity contribution in [3.8, 4) is 0 Å². The highest BCUT2D eigenvalue weighted by Gasteiger charge is 2.27. The molecule has 0 aromatic carbocycles. The van der Waals surface area contributed by atoms with E-state index in [9.17, 15) is 13.2 Å². The van der Waals surface area contributed by atoms with Gasteiger partial charge in [0.1, 0.15) is 0 Å². The molecule has 0 fully saturated rings. The molecule has 86 valence electrons. The largest absolute Gasteiger partial charge is 0.389 e. The maximum absolute atomic E-state index is 11.9. The van der Waals surface area contributed by atoms with Crippen molar-refractivity contribution in [2.24, 2.45) is 5.84 Å². The second-order valence-electron chi connectivity index (χ2n) is 3.09. The van der Waals surface area contributed by atoms with Crippen molar-refractivity contribution in [1.82, 2.24) is 5.43 Å². The van der Waals surface area contributed by atoms with Crippen LogP contribution in [0.3, 0.4) is 0 Å². The average Bonchev–Trinajstić information content (AvgIpc) is 2.09. The Morgan fingerprint density at radius 3 is 2.50 bits per heavy atom. The van der Waals surface area contributed by atoms with Crippen LogP contribution in [0, 0.1) is 0 Å². The van der Waals surface area contributed by atoms with Gasteiger partial charge in [0.25, 0.3) is 0 Å². The van der Waals surface area contributed by atoms with Crippen LogP contribution in [0.25, 0.3) is 0 Å². The van der Waals surface area contributed by atoms with Gasteiger partial charge in [-0.05, 0) is 18.6 Å². The summed E-state index contributed by atoms with van der Waals surface area (Å²) in [4.78, 5) is 0. The van der Waals surface area contributed by atoms with Crippen molar-refractivity contribution in [2.45, 2.75) is 38.4 Å². The third-order valence-electron chi connectivity index (χ3n) is 1.68. The van der Waals surface area contributed by atoms with Gasteiger partial charge in [0.15, 0.2) is 0 Å². The molecule has 0 bridgehead atoms. The molecular formula is C8H17F3N2S. The molecule has 0 spiro atoms. The predicted octanol–water partition coefficient (Wildman–Crippen LogP) is 2.30. The first-order chi connectivity index (χ1) is 6.49. The fourth-order valence-corrected chi connectivity index (χ4v) is 1.93. The zero-order valence-corrected chi connectivity index (χ0v) is 9.05. The first kappa shape index (κ1) is 14.1. The number of nitrogens with one attached hydrogen (secondary N) is 1. The van der Waals surface area contributed by atoms with Gasteiger partial charge in [0.05, 0.1) is 0 Å². The Bertz CT molecular complexity index is 141. The lowest BCUT2D eigenvalue weighted by atomic mass is 10.2. The minimum atomic E-state index is -4.08. The summed E-state index contributed by atoms with van der Waals surface area (Å²) in [7, 11) is 0. The van der Waals surface area contributed by atoms with Crippen LogP contribution in [0.5, 0.6) is 0 Å². The molecule has 1 atom stereocenters. The molecule has 0 aromatic heterocycles. The van der Waals surface area contributed by atoms with Crippen LogP contribution in [0.4, 0.5) is 13.2 Å². The molecule has 0 saturated carbocycles. The lowest BCUT2D eigenvalue weighted by Gasteiger charge is -2.16. The minimum Gasteiger partial charge on any atom is -0.271 e. The van der Waals surface area contributed by atoms with Gasteiger partial charge in [-0.3, -0.25) is 11.3 Å². The second-order valence-corrected chi connectivity index (χ2v) is 4.24. The van der Waals surface area contributed by atoms with Gasteiger partial charge in [-0.1, -0.05) is 6.92 Å². The van der Waals surface area contributed by atoms with Gasteiger partial charge < -0.3 is 0 Å². The highest BCUT2D eigenvalue weighted by molar-refractivity contribution is 7.99. The van der Waals surface area contributed by atoms with Gasteiger partial charge in [-0.25, -0.2) is 0 Å². The van der Waals surface area contributed by atoms with Crippen LogP contribution in [-0.4, -0.2) is 23.7 Å². The molecule has 14 heavy (non-hydrogen) atoms. The summed E-state index contributed by atoms with van der Waals surface area (Å²) >= 11 is 1.63. The third kappa shape index (κ3) is 8.65. The molecule has 0 saturated heterocycles. The quantitative estimate of drug-likeness (QED) is 0.400. The number of hydrogen-bond donors (Lipinski definition) is 2. The van der Waals surface area contributed by atoms with Crippen molar-refractivity contribution in [3.63, 3.8) is 0 Å². The Kier molecular flexibility index (Phi) is 7.40. The van der Waals surface area contributed by atoms with E-state index in [1.54, 1.807) is 11.8 Å². The molecule has 6 heteroatoms. The molecule has 0 amide bonds. The number of nitrogens with two attached hydrogens (primary N) is 1. The van der Waals surface area contributed by atoms with Gasteiger partial charge in [-0.2, -0.15) is 24.9 Å².